The first-order valence-electron chi connectivity index (χ1n) is 12.3. The van der Waals surface area contributed by atoms with E-state index in [2.05, 4.69) is 15.6 Å². The van der Waals surface area contributed by atoms with Crippen molar-refractivity contribution in [2.24, 2.45) is 11.7 Å². The minimum absolute atomic E-state index is 0.0137. The number of aromatic nitrogens is 1. The van der Waals surface area contributed by atoms with Gasteiger partial charge in [-0.1, -0.05) is 19.3 Å². The molecule has 1 aromatic heterocycles. The van der Waals surface area contributed by atoms with Crippen LogP contribution in [0.5, 0.6) is 0 Å². The number of amides is 2. The molecule has 0 radical (unpaired) electrons. The molecule has 2 amide bonds. The van der Waals surface area contributed by atoms with Gasteiger partial charge in [0.25, 0.3) is 0 Å². The van der Waals surface area contributed by atoms with Gasteiger partial charge in [0, 0.05) is 42.1 Å². The molecule has 7 nitrogen and oxygen atoms in total. The number of halogens is 1. The van der Waals surface area contributed by atoms with Crippen LogP contribution in [0.4, 0.5) is 4.39 Å². The van der Waals surface area contributed by atoms with Gasteiger partial charge in [0.2, 0.25) is 11.8 Å². The lowest BCUT2D eigenvalue weighted by Gasteiger charge is -2.36. The van der Waals surface area contributed by atoms with Crippen LogP contribution in [-0.2, 0) is 9.59 Å². The number of hydrogen-bond acceptors (Lipinski definition) is 4. The maximum atomic E-state index is 14.0. The molecule has 1 saturated carbocycles. The number of nitrogens with one attached hydrogen (secondary N) is 3. The van der Waals surface area contributed by atoms with Gasteiger partial charge in [0.05, 0.1) is 12.1 Å². The number of rotatable bonds is 5. The summed E-state index contributed by atoms with van der Waals surface area (Å²) in [7, 11) is 0. The van der Waals surface area contributed by atoms with Crippen molar-refractivity contribution in [1.82, 2.24) is 20.5 Å². The Hall–Kier alpha value is -2.45. The van der Waals surface area contributed by atoms with E-state index in [9.17, 15) is 14.0 Å². The lowest BCUT2D eigenvalue weighted by atomic mass is 9.82. The summed E-state index contributed by atoms with van der Waals surface area (Å²) in [6, 6.07) is 3.88. The third-order valence-electron chi connectivity index (χ3n) is 7.92. The maximum Gasteiger partial charge on any atom is 0.245 e. The molecule has 2 aromatic rings. The molecule has 0 unspecified atom stereocenters. The normalized spacial score (nSPS) is 27.5. The number of hydrogen-bond donors (Lipinski definition) is 4. The lowest BCUT2D eigenvalue weighted by molar-refractivity contribution is -0.139. The van der Waals surface area contributed by atoms with Crippen LogP contribution in [-0.4, -0.2) is 59.0 Å². The molecule has 5 atom stereocenters. The van der Waals surface area contributed by atoms with Gasteiger partial charge in [-0.2, -0.15) is 0 Å². The Balaban J connectivity index is 1.43. The zero-order valence-corrected chi connectivity index (χ0v) is 19.1. The number of nitrogens with zero attached hydrogens (tertiary/aromatic N) is 1. The molecule has 0 spiro atoms. The van der Waals surface area contributed by atoms with Crippen LogP contribution in [0, 0.1) is 11.7 Å². The zero-order valence-electron chi connectivity index (χ0n) is 19.1. The van der Waals surface area contributed by atoms with Gasteiger partial charge < -0.3 is 26.3 Å². The van der Waals surface area contributed by atoms with Crippen molar-refractivity contribution >= 4 is 22.7 Å². The van der Waals surface area contributed by atoms with Gasteiger partial charge in [0.15, 0.2) is 0 Å². The van der Waals surface area contributed by atoms with E-state index in [1.54, 1.807) is 6.92 Å². The first-order valence-corrected chi connectivity index (χ1v) is 12.3. The number of carbonyl (C=O) groups excluding carboxylic acids is 2. The van der Waals surface area contributed by atoms with Crippen LogP contribution >= 0.6 is 0 Å². The standard InChI is InChI=1S/C25H34FN5O2/c1-14(27)24(32)30-22(15-5-3-2-4-6-15)25(33)31-10-9-20-23(31)19(13-28-20)18-12-29-21-11-16(26)7-8-17(18)21/h7-8,11-12,14-15,19-20,22-23,28-29H,2-6,9-10,13,27H2,1H3,(H,30,32)/t14-,19+,20+,22-,23+/m0/s1. The molecule has 8 heteroatoms. The fourth-order valence-corrected chi connectivity index (χ4v) is 6.23. The van der Waals surface area contributed by atoms with E-state index in [0.717, 1.165) is 55.1 Å². The highest BCUT2D eigenvalue weighted by Gasteiger charge is 2.49. The van der Waals surface area contributed by atoms with E-state index >= 15 is 0 Å². The van der Waals surface area contributed by atoms with E-state index < -0.39 is 12.1 Å². The number of H-pyrrole nitrogens is 1. The minimum atomic E-state index is -0.650. The molecule has 178 valence electrons. The van der Waals surface area contributed by atoms with Crippen molar-refractivity contribution in [3.63, 3.8) is 0 Å². The molecule has 5 N–H and O–H groups in total. The first-order chi connectivity index (χ1) is 15.9. The smallest absolute Gasteiger partial charge is 0.245 e. The summed E-state index contributed by atoms with van der Waals surface area (Å²) < 4.78 is 13.7. The van der Waals surface area contributed by atoms with E-state index in [4.69, 9.17) is 5.73 Å². The number of likely N-dealkylation sites (tertiary alicyclic amines) is 1. The molecule has 2 saturated heterocycles. The van der Waals surface area contributed by atoms with Gasteiger partial charge in [-0.15, -0.1) is 0 Å². The fraction of sp³-hybridized carbons (Fsp3) is 0.600. The monoisotopic (exact) mass is 455 g/mol. The molecular formula is C25H34FN5O2. The Morgan fingerprint density at radius 1 is 1.21 bits per heavy atom. The highest BCUT2D eigenvalue weighted by atomic mass is 19.1. The van der Waals surface area contributed by atoms with Gasteiger partial charge in [0.1, 0.15) is 11.9 Å². The van der Waals surface area contributed by atoms with Crippen molar-refractivity contribution in [2.75, 3.05) is 13.1 Å². The second-order valence-electron chi connectivity index (χ2n) is 10.0. The third-order valence-corrected chi connectivity index (χ3v) is 7.92. The summed E-state index contributed by atoms with van der Waals surface area (Å²) in [5.41, 5.74) is 7.71. The Kier molecular flexibility index (Phi) is 6.14. The lowest BCUT2D eigenvalue weighted by Crippen LogP contribution is -2.57. The average Bonchev–Trinajstić information content (AvgIpc) is 3.52. The highest BCUT2D eigenvalue weighted by molar-refractivity contribution is 5.90. The van der Waals surface area contributed by atoms with Crippen LogP contribution in [0.25, 0.3) is 10.9 Å². The molecule has 0 bridgehead atoms. The summed E-state index contributed by atoms with van der Waals surface area (Å²) in [4.78, 5) is 31.7. The predicted molar refractivity (Wildman–Crippen MR) is 125 cm³/mol. The van der Waals surface area contributed by atoms with Crippen LogP contribution < -0.4 is 16.4 Å². The van der Waals surface area contributed by atoms with Crippen LogP contribution in [0.2, 0.25) is 0 Å². The molecule has 33 heavy (non-hydrogen) atoms. The summed E-state index contributed by atoms with van der Waals surface area (Å²) in [6.45, 7) is 3.09. The first kappa shape index (κ1) is 22.3. The highest BCUT2D eigenvalue weighted by Crippen LogP contribution is 2.40. The Bertz CT molecular complexity index is 1030. The van der Waals surface area contributed by atoms with E-state index in [1.165, 1.54) is 18.6 Å². The molecule has 1 aliphatic carbocycles. The van der Waals surface area contributed by atoms with Crippen LogP contribution in [0.15, 0.2) is 24.4 Å². The van der Waals surface area contributed by atoms with Gasteiger partial charge in [-0.3, -0.25) is 9.59 Å². The quantitative estimate of drug-likeness (QED) is 0.556. The van der Waals surface area contributed by atoms with Crippen molar-refractivity contribution < 1.29 is 14.0 Å². The second-order valence-corrected chi connectivity index (χ2v) is 10.0. The maximum absolute atomic E-state index is 14.0. The molecule has 3 heterocycles. The minimum Gasteiger partial charge on any atom is -0.361 e. The Morgan fingerprint density at radius 3 is 2.76 bits per heavy atom. The Labute approximate surface area is 193 Å². The number of nitrogens with two attached hydrogens (primary N) is 1. The van der Waals surface area contributed by atoms with Crippen molar-refractivity contribution in [3.8, 4) is 0 Å². The molecule has 3 fully saturated rings. The Morgan fingerprint density at radius 2 is 2.00 bits per heavy atom. The largest absolute Gasteiger partial charge is 0.361 e. The average molecular weight is 456 g/mol. The topological polar surface area (TPSA) is 103 Å². The fourth-order valence-electron chi connectivity index (χ4n) is 6.23. The number of carbonyl (C=O) groups is 2. The SMILES string of the molecule is C[C@H](N)C(=O)N[C@H](C(=O)N1CC[C@H]2NC[C@H](c3c[nH]c4cc(F)ccc34)[C@H]21)C1CCCCC1. The molecule has 5 rings (SSSR count). The van der Waals surface area contributed by atoms with Gasteiger partial charge in [-0.25, -0.2) is 4.39 Å². The van der Waals surface area contributed by atoms with Crippen molar-refractivity contribution in [1.29, 1.82) is 0 Å². The number of fused-ring (bicyclic) bond motifs is 2. The van der Waals surface area contributed by atoms with Crippen molar-refractivity contribution in [3.05, 3.63) is 35.8 Å². The third kappa shape index (κ3) is 4.15. The van der Waals surface area contributed by atoms with Crippen LogP contribution in [0.3, 0.4) is 0 Å². The zero-order chi connectivity index (χ0) is 23.1. The number of aromatic amines is 1. The predicted octanol–water partition coefficient (Wildman–Crippen LogP) is 2.38. The summed E-state index contributed by atoms with van der Waals surface area (Å²) in [5, 5.41) is 7.61. The van der Waals surface area contributed by atoms with Crippen molar-refractivity contribution in [2.45, 2.75) is 75.5 Å². The molecular weight excluding hydrogens is 421 g/mol. The molecule has 3 aliphatic rings. The van der Waals surface area contributed by atoms with Gasteiger partial charge in [-0.05, 0) is 55.9 Å². The summed E-state index contributed by atoms with van der Waals surface area (Å²) in [5.74, 6) is -0.262. The summed E-state index contributed by atoms with van der Waals surface area (Å²) >= 11 is 0. The van der Waals surface area contributed by atoms with E-state index in [0.29, 0.717) is 6.54 Å². The summed E-state index contributed by atoms with van der Waals surface area (Å²) in [6.07, 6.45) is 8.11. The number of benzene rings is 1. The van der Waals surface area contributed by atoms with Crippen LogP contribution in [0.1, 0.15) is 56.9 Å². The van der Waals surface area contributed by atoms with E-state index in [1.807, 2.05) is 17.2 Å². The van der Waals surface area contributed by atoms with E-state index in [-0.39, 0.29) is 41.6 Å². The van der Waals surface area contributed by atoms with Gasteiger partial charge >= 0.3 is 0 Å². The molecule has 1 aromatic carbocycles. The second kappa shape index (κ2) is 9.06. The molecule has 2 aliphatic heterocycles.